The van der Waals surface area contributed by atoms with Crippen LogP contribution in [-0.4, -0.2) is 22.6 Å². The summed E-state index contributed by atoms with van der Waals surface area (Å²) in [7, 11) is 1.59. The standard InChI is InChI=1S/C23H22FN3O2/c1-29-14-18-13-27(15-25-18)22-10-6-16(12-20(22)24)7-11-23(28)26-21-9-8-17-4-2-3-5-19(17)21/h2-7,10-13,15,21H,8-9,14H2,1H3,(H,26,28). The second-order valence-corrected chi connectivity index (χ2v) is 7.05. The molecule has 3 aromatic rings. The van der Waals surface area contributed by atoms with Crippen molar-refractivity contribution >= 4 is 12.0 Å². The molecule has 5 nitrogen and oxygen atoms in total. The number of benzene rings is 2. The molecule has 0 spiro atoms. The maximum atomic E-state index is 14.5. The molecular formula is C23H22FN3O2. The summed E-state index contributed by atoms with van der Waals surface area (Å²) in [6, 6.07) is 13.0. The van der Waals surface area contributed by atoms with Crippen LogP contribution in [0.4, 0.5) is 4.39 Å². The lowest BCUT2D eigenvalue weighted by atomic mass is 10.1. The lowest BCUT2D eigenvalue weighted by Crippen LogP contribution is -2.25. The molecule has 1 heterocycles. The van der Waals surface area contributed by atoms with E-state index < -0.39 is 5.82 Å². The minimum atomic E-state index is -0.390. The van der Waals surface area contributed by atoms with Crippen molar-refractivity contribution < 1.29 is 13.9 Å². The Kier molecular flexibility index (Phi) is 5.53. The number of hydrogen-bond donors (Lipinski definition) is 1. The van der Waals surface area contributed by atoms with Gasteiger partial charge in [-0.1, -0.05) is 30.3 Å². The van der Waals surface area contributed by atoms with Crippen molar-refractivity contribution in [2.24, 2.45) is 0 Å². The van der Waals surface area contributed by atoms with E-state index in [2.05, 4.69) is 22.4 Å². The number of fused-ring (bicyclic) bond motifs is 1. The third-order valence-corrected chi connectivity index (χ3v) is 5.05. The number of methoxy groups -OCH3 is 1. The number of aromatic nitrogens is 2. The van der Waals surface area contributed by atoms with E-state index in [1.807, 2.05) is 12.1 Å². The Bertz CT molecular complexity index is 1060. The molecule has 2 aromatic carbocycles. The normalized spacial score (nSPS) is 15.6. The van der Waals surface area contributed by atoms with E-state index in [1.165, 1.54) is 23.3 Å². The number of ether oxygens (including phenoxy) is 1. The second-order valence-electron chi connectivity index (χ2n) is 7.05. The number of nitrogens with zero attached hydrogens (tertiary/aromatic N) is 2. The first-order valence-electron chi connectivity index (χ1n) is 9.52. The predicted octanol–water partition coefficient (Wildman–Crippen LogP) is 3.97. The largest absolute Gasteiger partial charge is 0.378 e. The van der Waals surface area contributed by atoms with Gasteiger partial charge in [0, 0.05) is 19.4 Å². The lowest BCUT2D eigenvalue weighted by Gasteiger charge is -2.12. The maximum absolute atomic E-state index is 14.5. The van der Waals surface area contributed by atoms with Crippen LogP contribution in [0.2, 0.25) is 0 Å². The molecule has 1 aliphatic rings. The van der Waals surface area contributed by atoms with Gasteiger partial charge < -0.3 is 14.6 Å². The monoisotopic (exact) mass is 391 g/mol. The zero-order valence-corrected chi connectivity index (χ0v) is 16.1. The van der Waals surface area contributed by atoms with Crippen LogP contribution in [0.3, 0.4) is 0 Å². The third-order valence-electron chi connectivity index (χ3n) is 5.05. The van der Waals surface area contributed by atoms with Crippen LogP contribution in [0.25, 0.3) is 11.8 Å². The van der Waals surface area contributed by atoms with Crippen molar-refractivity contribution in [1.29, 1.82) is 0 Å². The molecule has 0 saturated heterocycles. The van der Waals surface area contributed by atoms with Gasteiger partial charge in [0.25, 0.3) is 0 Å². The highest BCUT2D eigenvalue weighted by Crippen LogP contribution is 2.30. The molecule has 6 heteroatoms. The summed E-state index contributed by atoms with van der Waals surface area (Å²) in [5.74, 6) is -0.575. The van der Waals surface area contributed by atoms with Gasteiger partial charge in [0.2, 0.25) is 5.91 Å². The second kappa shape index (κ2) is 8.41. The number of imidazole rings is 1. The molecule has 148 valence electrons. The summed E-state index contributed by atoms with van der Waals surface area (Å²) in [4.78, 5) is 16.5. The highest BCUT2D eigenvalue weighted by Gasteiger charge is 2.22. The summed E-state index contributed by atoms with van der Waals surface area (Å²) in [6.45, 7) is 0.371. The quantitative estimate of drug-likeness (QED) is 0.647. The van der Waals surface area contributed by atoms with Crippen LogP contribution >= 0.6 is 0 Å². The molecule has 1 amide bonds. The van der Waals surface area contributed by atoms with Crippen molar-refractivity contribution in [3.05, 3.63) is 89.3 Å². The molecule has 1 aromatic heterocycles. The highest BCUT2D eigenvalue weighted by molar-refractivity contribution is 5.92. The van der Waals surface area contributed by atoms with E-state index >= 15 is 0 Å². The van der Waals surface area contributed by atoms with E-state index in [0.29, 0.717) is 17.9 Å². The first-order chi connectivity index (χ1) is 14.1. The third kappa shape index (κ3) is 4.27. The van der Waals surface area contributed by atoms with Crippen molar-refractivity contribution in [3.63, 3.8) is 0 Å². The van der Waals surface area contributed by atoms with E-state index in [9.17, 15) is 9.18 Å². The van der Waals surface area contributed by atoms with Gasteiger partial charge in [0.15, 0.2) is 0 Å². The van der Waals surface area contributed by atoms with E-state index in [4.69, 9.17) is 4.74 Å². The number of halogens is 1. The Hall–Kier alpha value is -3.25. The van der Waals surface area contributed by atoms with Crippen molar-refractivity contribution in [2.45, 2.75) is 25.5 Å². The summed E-state index contributed by atoms with van der Waals surface area (Å²) >= 11 is 0. The fourth-order valence-corrected chi connectivity index (χ4v) is 3.65. The molecule has 1 unspecified atom stereocenters. The minimum Gasteiger partial charge on any atom is -0.378 e. The number of amides is 1. The van der Waals surface area contributed by atoms with Gasteiger partial charge in [-0.05, 0) is 47.7 Å². The summed E-state index contributed by atoms with van der Waals surface area (Å²) in [5, 5.41) is 3.03. The Labute approximate surface area is 168 Å². The molecule has 29 heavy (non-hydrogen) atoms. The number of rotatable bonds is 6. The van der Waals surface area contributed by atoms with Gasteiger partial charge in [-0.3, -0.25) is 4.79 Å². The fourth-order valence-electron chi connectivity index (χ4n) is 3.65. The molecule has 0 aliphatic heterocycles. The average Bonchev–Trinajstić information content (AvgIpc) is 3.34. The molecular weight excluding hydrogens is 369 g/mol. The van der Waals surface area contributed by atoms with Gasteiger partial charge in [-0.15, -0.1) is 0 Å². The van der Waals surface area contributed by atoms with E-state index in [-0.39, 0.29) is 11.9 Å². The summed E-state index contributed by atoms with van der Waals surface area (Å²) in [5.41, 5.74) is 4.20. The van der Waals surface area contributed by atoms with Crippen LogP contribution in [0.5, 0.6) is 0 Å². The zero-order valence-electron chi connectivity index (χ0n) is 16.1. The Morgan fingerprint density at radius 1 is 1.34 bits per heavy atom. The van der Waals surface area contributed by atoms with Gasteiger partial charge in [-0.2, -0.15) is 0 Å². The number of carbonyl (C=O) groups is 1. The number of hydrogen-bond acceptors (Lipinski definition) is 3. The average molecular weight is 391 g/mol. The van der Waals surface area contributed by atoms with Crippen LogP contribution in [0.1, 0.15) is 34.8 Å². The number of carbonyl (C=O) groups excluding carboxylic acids is 1. The van der Waals surface area contributed by atoms with Crippen molar-refractivity contribution in [2.75, 3.05) is 7.11 Å². The van der Waals surface area contributed by atoms with Crippen LogP contribution in [0.15, 0.2) is 61.1 Å². The van der Waals surface area contributed by atoms with Gasteiger partial charge in [0.1, 0.15) is 5.82 Å². The minimum absolute atomic E-state index is 0.0324. The van der Waals surface area contributed by atoms with Crippen LogP contribution < -0.4 is 5.32 Å². The molecule has 1 aliphatic carbocycles. The fraction of sp³-hybridized carbons (Fsp3) is 0.217. The first kappa shape index (κ1) is 19.1. The van der Waals surface area contributed by atoms with Crippen molar-refractivity contribution in [3.8, 4) is 5.69 Å². The maximum Gasteiger partial charge on any atom is 0.244 e. The van der Waals surface area contributed by atoms with Gasteiger partial charge in [-0.25, -0.2) is 9.37 Å². The first-order valence-corrected chi connectivity index (χ1v) is 9.52. The Balaban J connectivity index is 1.42. The molecule has 4 rings (SSSR count). The number of nitrogens with one attached hydrogen (secondary N) is 1. The zero-order chi connectivity index (χ0) is 20.2. The van der Waals surface area contributed by atoms with Crippen LogP contribution in [-0.2, 0) is 22.6 Å². The Morgan fingerprint density at radius 3 is 3.03 bits per heavy atom. The summed E-state index contributed by atoms with van der Waals surface area (Å²) < 4.78 is 21.2. The predicted molar refractivity (Wildman–Crippen MR) is 109 cm³/mol. The van der Waals surface area contributed by atoms with Gasteiger partial charge >= 0.3 is 0 Å². The highest BCUT2D eigenvalue weighted by atomic mass is 19.1. The topological polar surface area (TPSA) is 56.1 Å². The Morgan fingerprint density at radius 2 is 2.21 bits per heavy atom. The lowest BCUT2D eigenvalue weighted by molar-refractivity contribution is -0.117. The van der Waals surface area contributed by atoms with E-state index in [0.717, 1.165) is 18.5 Å². The van der Waals surface area contributed by atoms with E-state index in [1.54, 1.807) is 42.4 Å². The number of aryl methyl sites for hydroxylation is 1. The van der Waals surface area contributed by atoms with Crippen molar-refractivity contribution in [1.82, 2.24) is 14.9 Å². The molecule has 0 fully saturated rings. The molecule has 0 bridgehead atoms. The molecule has 1 atom stereocenters. The molecule has 0 radical (unpaired) electrons. The SMILES string of the molecule is COCc1cn(-c2ccc(C=CC(=O)NC3CCc4ccccc43)cc2F)cn1. The van der Waals surface area contributed by atoms with Crippen LogP contribution in [0, 0.1) is 5.82 Å². The molecule has 1 N–H and O–H groups in total. The molecule has 0 saturated carbocycles. The smallest absolute Gasteiger partial charge is 0.244 e. The van der Waals surface area contributed by atoms with Gasteiger partial charge in [0.05, 0.1) is 30.4 Å². The summed E-state index contributed by atoms with van der Waals surface area (Å²) in [6.07, 6.45) is 8.21.